The fourth-order valence-corrected chi connectivity index (χ4v) is 3.86. The van der Waals surface area contributed by atoms with Crippen molar-refractivity contribution >= 4 is 33.4 Å². The minimum Gasteiger partial charge on any atom is -0.507 e. The van der Waals surface area contributed by atoms with Gasteiger partial charge < -0.3 is 24.3 Å². The normalized spacial score (nSPS) is 17.9. The molecule has 2 aromatic carbocycles. The fourth-order valence-electron chi connectivity index (χ4n) is 3.60. The molecule has 7 nitrogen and oxygen atoms in total. The van der Waals surface area contributed by atoms with Crippen LogP contribution >= 0.6 is 15.9 Å². The molecule has 2 N–H and O–H groups in total. The number of methoxy groups -OCH3 is 1. The molecule has 0 radical (unpaired) electrons. The predicted octanol–water partition coefficient (Wildman–Crippen LogP) is 4.38. The first-order valence-electron chi connectivity index (χ1n) is 9.34. The summed E-state index contributed by atoms with van der Waals surface area (Å²) in [7, 11) is 1.42. The average molecular weight is 484 g/mol. The maximum absolute atomic E-state index is 13.0. The van der Waals surface area contributed by atoms with Crippen molar-refractivity contribution in [1.29, 1.82) is 0 Å². The SMILES string of the molecule is COc1ccc(C2/C(=C(/O)c3ccc(Br)cc3)C(=O)C(=O)N2Cc2ccco2)cc1O. The molecule has 158 valence electrons. The van der Waals surface area contributed by atoms with E-state index < -0.39 is 17.7 Å². The minimum absolute atomic E-state index is 0.0200. The Kier molecular flexibility index (Phi) is 5.56. The summed E-state index contributed by atoms with van der Waals surface area (Å²) in [6.45, 7) is 0.0200. The van der Waals surface area contributed by atoms with Crippen molar-refractivity contribution in [2.24, 2.45) is 0 Å². The summed E-state index contributed by atoms with van der Waals surface area (Å²) in [4.78, 5) is 27.2. The third kappa shape index (κ3) is 3.82. The van der Waals surface area contributed by atoms with Crippen LogP contribution in [-0.2, 0) is 16.1 Å². The topological polar surface area (TPSA) is 100 Å². The summed E-state index contributed by atoms with van der Waals surface area (Å²) in [5, 5.41) is 21.3. The van der Waals surface area contributed by atoms with Gasteiger partial charge >= 0.3 is 0 Å². The molecule has 0 saturated carbocycles. The number of hydrogen-bond donors (Lipinski definition) is 2. The lowest BCUT2D eigenvalue weighted by Gasteiger charge is -2.25. The van der Waals surface area contributed by atoms with E-state index in [2.05, 4.69) is 15.9 Å². The molecule has 1 fully saturated rings. The molecule has 0 spiro atoms. The van der Waals surface area contributed by atoms with E-state index in [0.717, 1.165) is 4.47 Å². The van der Waals surface area contributed by atoms with E-state index in [4.69, 9.17) is 9.15 Å². The second kappa shape index (κ2) is 8.31. The molecule has 1 saturated heterocycles. The number of ether oxygens (including phenoxy) is 1. The molecule has 1 aliphatic rings. The molecular weight excluding hydrogens is 466 g/mol. The number of hydrogen-bond acceptors (Lipinski definition) is 6. The Morgan fingerprint density at radius 3 is 2.52 bits per heavy atom. The van der Waals surface area contributed by atoms with Crippen molar-refractivity contribution in [2.45, 2.75) is 12.6 Å². The van der Waals surface area contributed by atoms with E-state index in [-0.39, 0.29) is 29.4 Å². The Morgan fingerprint density at radius 2 is 1.90 bits per heavy atom. The molecule has 1 aliphatic heterocycles. The van der Waals surface area contributed by atoms with Crippen molar-refractivity contribution < 1.29 is 29.0 Å². The molecule has 0 bridgehead atoms. The van der Waals surface area contributed by atoms with Gasteiger partial charge in [0.05, 0.1) is 31.5 Å². The number of carbonyl (C=O) groups is 2. The number of amides is 1. The standard InChI is InChI=1S/C23H18BrNO6/c1-30-18-9-6-14(11-17(18)26)20-19(21(27)13-4-7-15(24)8-5-13)22(28)23(29)25(20)12-16-3-2-10-31-16/h2-11,20,26-27H,12H2,1H3/b21-19-. The number of aliphatic hydroxyl groups excluding tert-OH is 1. The quantitative estimate of drug-likeness (QED) is 0.317. The van der Waals surface area contributed by atoms with Gasteiger partial charge in [0, 0.05) is 10.0 Å². The van der Waals surface area contributed by atoms with Crippen LogP contribution in [0.1, 0.15) is 22.9 Å². The number of nitrogens with zero attached hydrogens (tertiary/aromatic N) is 1. The van der Waals surface area contributed by atoms with Crippen LogP contribution in [0.15, 0.2) is 75.3 Å². The van der Waals surface area contributed by atoms with Crippen molar-refractivity contribution in [3.05, 3.63) is 87.8 Å². The van der Waals surface area contributed by atoms with Crippen LogP contribution in [0.4, 0.5) is 0 Å². The van der Waals surface area contributed by atoms with Crippen molar-refractivity contribution in [3.63, 3.8) is 0 Å². The smallest absolute Gasteiger partial charge is 0.296 e. The van der Waals surface area contributed by atoms with E-state index in [1.54, 1.807) is 42.5 Å². The number of ketones is 1. The summed E-state index contributed by atoms with van der Waals surface area (Å²) in [5.74, 6) is -1.30. The van der Waals surface area contributed by atoms with Gasteiger partial charge in [-0.15, -0.1) is 0 Å². The number of halogens is 1. The second-order valence-electron chi connectivity index (χ2n) is 6.94. The lowest BCUT2D eigenvalue weighted by molar-refractivity contribution is -0.140. The molecule has 1 amide bonds. The van der Waals surface area contributed by atoms with E-state index in [1.165, 1.54) is 30.4 Å². The Hall–Kier alpha value is -3.52. The largest absolute Gasteiger partial charge is 0.507 e. The lowest BCUT2D eigenvalue weighted by atomic mass is 9.95. The van der Waals surface area contributed by atoms with Crippen LogP contribution in [-0.4, -0.2) is 33.9 Å². The van der Waals surface area contributed by atoms with Gasteiger partial charge in [0.25, 0.3) is 11.7 Å². The highest BCUT2D eigenvalue weighted by molar-refractivity contribution is 9.10. The zero-order chi connectivity index (χ0) is 22.1. The van der Waals surface area contributed by atoms with Crippen LogP contribution in [0.25, 0.3) is 5.76 Å². The van der Waals surface area contributed by atoms with Crippen LogP contribution < -0.4 is 4.74 Å². The molecule has 1 atom stereocenters. The summed E-state index contributed by atoms with van der Waals surface area (Å²) in [6, 6.07) is 13.8. The number of phenolic OH excluding ortho intramolecular Hbond substituents is 1. The zero-order valence-corrected chi connectivity index (χ0v) is 18.0. The maximum atomic E-state index is 13.0. The van der Waals surface area contributed by atoms with Crippen LogP contribution in [0.2, 0.25) is 0 Å². The van der Waals surface area contributed by atoms with Gasteiger partial charge in [-0.1, -0.05) is 34.1 Å². The number of benzene rings is 2. The number of likely N-dealkylation sites (tertiary alicyclic amines) is 1. The molecule has 0 aliphatic carbocycles. The van der Waals surface area contributed by atoms with Crippen molar-refractivity contribution in [3.8, 4) is 11.5 Å². The van der Waals surface area contributed by atoms with Gasteiger partial charge in [0.15, 0.2) is 11.5 Å². The zero-order valence-electron chi connectivity index (χ0n) is 16.4. The van der Waals surface area contributed by atoms with Gasteiger partial charge in [-0.3, -0.25) is 9.59 Å². The van der Waals surface area contributed by atoms with E-state index in [1.807, 2.05) is 0 Å². The van der Waals surface area contributed by atoms with Crippen LogP contribution in [0.5, 0.6) is 11.5 Å². The number of aromatic hydroxyl groups is 1. The van der Waals surface area contributed by atoms with E-state index >= 15 is 0 Å². The first-order chi connectivity index (χ1) is 14.9. The summed E-state index contributed by atoms with van der Waals surface area (Å²) >= 11 is 3.34. The summed E-state index contributed by atoms with van der Waals surface area (Å²) < 4.78 is 11.3. The Balaban J connectivity index is 1.88. The summed E-state index contributed by atoms with van der Waals surface area (Å²) in [5.41, 5.74) is 0.771. The number of aliphatic hydroxyl groups is 1. The number of phenols is 1. The number of rotatable bonds is 5. The Bertz CT molecular complexity index is 1170. The van der Waals surface area contributed by atoms with Gasteiger partial charge in [-0.25, -0.2) is 0 Å². The molecular formula is C23H18BrNO6. The first kappa shape index (κ1) is 20.7. The Morgan fingerprint density at radius 1 is 1.16 bits per heavy atom. The molecule has 8 heteroatoms. The monoisotopic (exact) mass is 483 g/mol. The second-order valence-corrected chi connectivity index (χ2v) is 7.86. The van der Waals surface area contributed by atoms with Crippen molar-refractivity contribution in [1.82, 2.24) is 4.90 Å². The van der Waals surface area contributed by atoms with Gasteiger partial charge in [0.2, 0.25) is 0 Å². The third-order valence-electron chi connectivity index (χ3n) is 5.08. The number of carbonyl (C=O) groups excluding carboxylic acids is 2. The van der Waals surface area contributed by atoms with E-state index in [0.29, 0.717) is 16.9 Å². The molecule has 4 rings (SSSR count). The van der Waals surface area contributed by atoms with Gasteiger partial charge in [0.1, 0.15) is 11.5 Å². The molecule has 31 heavy (non-hydrogen) atoms. The molecule has 1 aromatic heterocycles. The van der Waals surface area contributed by atoms with Crippen LogP contribution in [0, 0.1) is 0 Å². The fraction of sp³-hybridized carbons (Fsp3) is 0.130. The Labute approximate surface area is 186 Å². The first-order valence-corrected chi connectivity index (χ1v) is 10.1. The van der Waals surface area contributed by atoms with Gasteiger partial charge in [-0.05, 0) is 42.0 Å². The average Bonchev–Trinajstić information content (AvgIpc) is 3.36. The summed E-state index contributed by atoms with van der Waals surface area (Å²) in [6.07, 6.45) is 1.47. The molecule has 3 aromatic rings. The maximum Gasteiger partial charge on any atom is 0.296 e. The third-order valence-corrected chi connectivity index (χ3v) is 5.61. The predicted molar refractivity (Wildman–Crippen MR) is 115 cm³/mol. The number of Topliss-reactive ketones (excluding diaryl/α,β-unsaturated/α-hetero) is 1. The van der Waals surface area contributed by atoms with Gasteiger partial charge in [-0.2, -0.15) is 0 Å². The highest BCUT2D eigenvalue weighted by atomic mass is 79.9. The van der Waals surface area contributed by atoms with E-state index in [9.17, 15) is 19.8 Å². The molecule has 2 heterocycles. The molecule has 1 unspecified atom stereocenters. The highest BCUT2D eigenvalue weighted by Gasteiger charge is 2.46. The minimum atomic E-state index is -0.925. The van der Waals surface area contributed by atoms with Crippen molar-refractivity contribution in [2.75, 3.05) is 7.11 Å². The number of furan rings is 1. The van der Waals surface area contributed by atoms with Crippen LogP contribution in [0.3, 0.4) is 0 Å². The highest BCUT2D eigenvalue weighted by Crippen LogP contribution is 2.42. The lowest BCUT2D eigenvalue weighted by Crippen LogP contribution is -2.29.